The standard InChI is InChI=1S/C41H57N7O6/c1-9-40(6)27-41(7,10-2)37(51)46(8)35(40)34(49)36(50)42-26-28-11-15-30(16-12-28)48-33(25-32(45-48)39(3,4)5)44-38(52)43-29-13-17-31(18-14-29)54-24-21-47-19-22-53-23-20-47/h11-18,25,49H,9-10,19-24,26-27H2,1-8H3,(H,42,50)(H2,43,44,52)/b35-34+. The van der Waals surface area contributed by atoms with Gasteiger partial charge in [-0.15, -0.1) is 0 Å². The number of carbonyl (C=O) groups is 3. The molecule has 2 saturated heterocycles. The van der Waals surface area contributed by atoms with Gasteiger partial charge >= 0.3 is 6.03 Å². The maximum Gasteiger partial charge on any atom is 0.324 e. The van der Waals surface area contributed by atoms with Gasteiger partial charge in [0, 0.05) is 61.2 Å². The van der Waals surface area contributed by atoms with Crippen molar-refractivity contribution in [3.63, 3.8) is 0 Å². The summed E-state index contributed by atoms with van der Waals surface area (Å²) in [6.07, 6.45) is 1.88. The Morgan fingerprint density at radius 2 is 1.61 bits per heavy atom. The molecule has 2 fully saturated rings. The summed E-state index contributed by atoms with van der Waals surface area (Å²) in [6, 6.07) is 16.1. The van der Waals surface area contributed by atoms with Crippen molar-refractivity contribution in [2.75, 3.05) is 57.1 Å². The molecule has 0 saturated carbocycles. The highest BCUT2D eigenvalue weighted by atomic mass is 16.5. The van der Waals surface area contributed by atoms with E-state index in [1.165, 1.54) is 4.90 Å². The van der Waals surface area contributed by atoms with Gasteiger partial charge < -0.3 is 30.1 Å². The van der Waals surface area contributed by atoms with E-state index < -0.39 is 28.5 Å². The fourth-order valence-electron chi connectivity index (χ4n) is 7.14. The lowest BCUT2D eigenvalue weighted by atomic mass is 9.64. The van der Waals surface area contributed by atoms with Gasteiger partial charge in [0.15, 0.2) is 0 Å². The maximum atomic E-state index is 13.3. The van der Waals surface area contributed by atoms with Crippen LogP contribution in [0.15, 0.2) is 66.1 Å². The molecule has 3 heterocycles. The molecule has 2 aromatic carbocycles. The number of anilines is 2. The van der Waals surface area contributed by atoms with E-state index in [-0.39, 0.29) is 17.9 Å². The number of hydrogen-bond donors (Lipinski definition) is 4. The van der Waals surface area contributed by atoms with E-state index in [9.17, 15) is 19.5 Å². The fourth-order valence-corrected chi connectivity index (χ4v) is 7.14. The van der Waals surface area contributed by atoms with Crippen molar-refractivity contribution in [1.82, 2.24) is 24.9 Å². The number of piperidine rings is 1. The van der Waals surface area contributed by atoms with Crippen LogP contribution in [0.4, 0.5) is 16.3 Å². The summed E-state index contributed by atoms with van der Waals surface area (Å²) in [5.41, 5.74) is 1.87. The topological polar surface area (TPSA) is 150 Å². The van der Waals surface area contributed by atoms with Crippen molar-refractivity contribution < 1.29 is 29.0 Å². The highest BCUT2D eigenvalue weighted by molar-refractivity contribution is 5.99. The van der Waals surface area contributed by atoms with Crippen LogP contribution in [0.2, 0.25) is 0 Å². The van der Waals surface area contributed by atoms with Crippen LogP contribution >= 0.6 is 0 Å². The SMILES string of the molecule is CCC1(C)CC(C)(CC)/C(=C(\O)C(=O)NCc2ccc(-n3nc(C(C)(C)C)cc3NC(=O)Nc3ccc(OCCN4CCOCC4)cc3)cc2)N(C)C1=O. The number of rotatable bonds is 12. The molecule has 2 unspecified atom stereocenters. The minimum atomic E-state index is -0.640. The molecule has 0 bridgehead atoms. The number of aliphatic hydroxyl groups excluding tert-OH is 1. The average Bonchev–Trinajstić information content (AvgIpc) is 3.58. The normalized spacial score (nSPS) is 21.8. The second-order valence-corrected chi connectivity index (χ2v) is 15.9. The van der Waals surface area contributed by atoms with Crippen LogP contribution in [-0.4, -0.2) is 89.0 Å². The van der Waals surface area contributed by atoms with Gasteiger partial charge in [-0.3, -0.25) is 19.8 Å². The van der Waals surface area contributed by atoms with Crippen LogP contribution in [0.25, 0.3) is 5.69 Å². The number of likely N-dealkylation sites (tertiary alicyclic amines) is 1. The van der Waals surface area contributed by atoms with Crippen LogP contribution in [0.3, 0.4) is 0 Å². The summed E-state index contributed by atoms with van der Waals surface area (Å²) < 4.78 is 13.0. The van der Waals surface area contributed by atoms with Gasteiger partial charge in [0.25, 0.3) is 5.91 Å². The number of urea groups is 1. The van der Waals surface area contributed by atoms with E-state index in [0.717, 1.165) is 49.9 Å². The predicted molar refractivity (Wildman–Crippen MR) is 210 cm³/mol. The van der Waals surface area contributed by atoms with E-state index >= 15 is 0 Å². The highest BCUT2D eigenvalue weighted by Crippen LogP contribution is 2.51. The number of nitrogens with one attached hydrogen (secondary N) is 3. The van der Waals surface area contributed by atoms with Crippen LogP contribution in [-0.2, 0) is 26.3 Å². The van der Waals surface area contributed by atoms with Crippen LogP contribution in [0.5, 0.6) is 5.75 Å². The number of aliphatic hydroxyl groups is 1. The minimum absolute atomic E-state index is 0.101. The molecule has 4 amide bonds. The van der Waals surface area contributed by atoms with Gasteiger partial charge in [0.05, 0.1) is 30.3 Å². The van der Waals surface area contributed by atoms with E-state index in [2.05, 4.69) is 41.6 Å². The first-order valence-electron chi connectivity index (χ1n) is 18.9. The van der Waals surface area contributed by atoms with Crippen LogP contribution in [0.1, 0.15) is 79.0 Å². The summed E-state index contributed by atoms with van der Waals surface area (Å²) in [5, 5.41) is 24.6. The Morgan fingerprint density at radius 3 is 2.22 bits per heavy atom. The third kappa shape index (κ3) is 9.25. The number of morpholine rings is 1. The molecule has 4 N–H and O–H groups in total. The molecule has 13 nitrogen and oxygen atoms in total. The van der Waals surface area contributed by atoms with Crippen molar-refractivity contribution >= 4 is 29.4 Å². The van der Waals surface area contributed by atoms with Gasteiger partial charge in [0.1, 0.15) is 18.2 Å². The summed E-state index contributed by atoms with van der Waals surface area (Å²) in [6.45, 7) is 19.0. The number of amides is 4. The largest absolute Gasteiger partial charge is 0.502 e. The van der Waals surface area contributed by atoms with Gasteiger partial charge in [-0.25, -0.2) is 9.48 Å². The summed E-state index contributed by atoms with van der Waals surface area (Å²) in [4.78, 5) is 43.5. The number of benzene rings is 2. The zero-order chi connectivity index (χ0) is 39.3. The van der Waals surface area contributed by atoms with Crippen molar-refractivity contribution in [3.8, 4) is 11.4 Å². The fraction of sp³-hybridized carbons (Fsp3) is 0.512. The molecule has 2 aliphatic rings. The van der Waals surface area contributed by atoms with Crippen molar-refractivity contribution in [3.05, 3.63) is 77.3 Å². The van der Waals surface area contributed by atoms with E-state index in [4.69, 9.17) is 14.6 Å². The summed E-state index contributed by atoms with van der Waals surface area (Å²) in [7, 11) is 1.64. The number of nitrogens with zero attached hydrogens (tertiary/aromatic N) is 4. The lowest BCUT2D eigenvalue weighted by Crippen LogP contribution is -2.52. The van der Waals surface area contributed by atoms with Crippen molar-refractivity contribution in [1.29, 1.82) is 0 Å². The number of carbonyl (C=O) groups excluding carboxylic acids is 3. The molecular weight excluding hydrogens is 686 g/mol. The molecule has 54 heavy (non-hydrogen) atoms. The molecule has 1 aromatic heterocycles. The predicted octanol–water partition coefficient (Wildman–Crippen LogP) is 6.61. The lowest BCUT2D eigenvalue weighted by molar-refractivity contribution is -0.146. The average molecular weight is 744 g/mol. The number of ether oxygens (including phenoxy) is 2. The first kappa shape index (κ1) is 40.3. The molecule has 3 aromatic rings. The van der Waals surface area contributed by atoms with Gasteiger partial charge in [-0.1, -0.05) is 60.6 Å². The van der Waals surface area contributed by atoms with Crippen LogP contribution < -0.4 is 20.7 Å². The smallest absolute Gasteiger partial charge is 0.324 e. The van der Waals surface area contributed by atoms with Gasteiger partial charge in [0.2, 0.25) is 11.7 Å². The zero-order valence-corrected chi connectivity index (χ0v) is 33.0. The summed E-state index contributed by atoms with van der Waals surface area (Å²) in [5.74, 6) is 0.0388. The summed E-state index contributed by atoms with van der Waals surface area (Å²) >= 11 is 0. The molecule has 5 rings (SSSR count). The van der Waals surface area contributed by atoms with E-state index in [1.807, 2.05) is 70.2 Å². The van der Waals surface area contributed by atoms with Crippen LogP contribution in [0, 0.1) is 10.8 Å². The minimum Gasteiger partial charge on any atom is -0.502 e. The molecule has 2 atom stereocenters. The van der Waals surface area contributed by atoms with Crippen molar-refractivity contribution in [2.24, 2.45) is 10.8 Å². The Labute approximate surface area is 319 Å². The quantitative estimate of drug-likeness (QED) is 0.120. The van der Waals surface area contributed by atoms with Gasteiger partial charge in [-0.05, 0) is 61.2 Å². The van der Waals surface area contributed by atoms with Crippen molar-refractivity contribution in [2.45, 2.75) is 79.7 Å². The molecule has 0 aliphatic carbocycles. The lowest BCUT2D eigenvalue weighted by Gasteiger charge is -2.49. The highest BCUT2D eigenvalue weighted by Gasteiger charge is 2.51. The Hall–Kier alpha value is -4.88. The molecule has 2 aliphatic heterocycles. The first-order chi connectivity index (χ1) is 25.6. The Balaban J connectivity index is 1.23. The molecular formula is C41H57N7O6. The second kappa shape index (κ2) is 16.6. The Bertz CT molecular complexity index is 1830. The molecule has 0 spiro atoms. The second-order valence-electron chi connectivity index (χ2n) is 15.9. The monoisotopic (exact) mass is 743 g/mol. The maximum absolute atomic E-state index is 13.3. The Kier molecular flexibility index (Phi) is 12.4. The third-order valence-corrected chi connectivity index (χ3v) is 10.8. The number of aromatic nitrogens is 2. The zero-order valence-electron chi connectivity index (χ0n) is 33.0. The number of hydrogen-bond acceptors (Lipinski definition) is 8. The number of allylic oxidation sites excluding steroid dienone is 1. The third-order valence-electron chi connectivity index (χ3n) is 10.8. The molecule has 13 heteroatoms. The Morgan fingerprint density at radius 1 is 0.963 bits per heavy atom. The molecule has 0 radical (unpaired) electrons. The van der Waals surface area contributed by atoms with E-state index in [1.54, 1.807) is 23.9 Å². The van der Waals surface area contributed by atoms with E-state index in [0.29, 0.717) is 48.8 Å². The molecule has 292 valence electrons. The van der Waals surface area contributed by atoms with Gasteiger partial charge in [-0.2, -0.15) is 5.10 Å². The first-order valence-corrected chi connectivity index (χ1v) is 18.9.